The Kier molecular flexibility index (Phi) is 4.47. The molecule has 27 heavy (non-hydrogen) atoms. The second-order valence-corrected chi connectivity index (χ2v) is 8.18. The molecule has 140 valence electrons. The number of fused-ring (bicyclic) bond motifs is 1. The third kappa shape index (κ3) is 3.23. The molecule has 1 saturated heterocycles. The number of hydrogen-bond acceptors (Lipinski definition) is 5. The third-order valence-electron chi connectivity index (χ3n) is 5.08. The smallest absolute Gasteiger partial charge is 0.259 e. The molecule has 4 rings (SSSR count). The number of carbonyl (C=O) groups is 1. The minimum Gasteiger partial charge on any atom is -0.375 e. The maximum absolute atomic E-state index is 12.5. The number of aromatic nitrogens is 2. The normalized spacial score (nSPS) is 15.5. The molecule has 1 fully saturated rings. The maximum Gasteiger partial charge on any atom is 0.259 e. The molecule has 7 heteroatoms. The Bertz CT molecular complexity index is 1090. The summed E-state index contributed by atoms with van der Waals surface area (Å²) in [5, 5.41) is 4.07. The summed E-state index contributed by atoms with van der Waals surface area (Å²) < 4.78 is 0. The van der Waals surface area contributed by atoms with Gasteiger partial charge in [-0.3, -0.25) is 9.59 Å². The summed E-state index contributed by atoms with van der Waals surface area (Å²) >= 11 is 1.55. The second-order valence-electron chi connectivity index (χ2n) is 6.98. The monoisotopic (exact) mass is 382 g/mol. The first-order chi connectivity index (χ1) is 12.9. The van der Waals surface area contributed by atoms with Gasteiger partial charge in [-0.15, -0.1) is 11.3 Å². The fraction of sp³-hybridized carbons (Fsp3) is 0.350. The zero-order valence-corrected chi connectivity index (χ0v) is 16.4. The van der Waals surface area contributed by atoms with Crippen LogP contribution in [0.15, 0.2) is 29.1 Å². The van der Waals surface area contributed by atoms with Crippen LogP contribution >= 0.6 is 11.3 Å². The van der Waals surface area contributed by atoms with Crippen molar-refractivity contribution in [1.29, 1.82) is 0 Å². The Morgan fingerprint density at radius 2 is 2.11 bits per heavy atom. The van der Waals surface area contributed by atoms with Crippen molar-refractivity contribution in [2.75, 3.05) is 16.8 Å². The highest BCUT2D eigenvalue weighted by molar-refractivity contribution is 7.18. The van der Waals surface area contributed by atoms with Crippen molar-refractivity contribution in [3.8, 4) is 0 Å². The number of aromatic amines is 1. The van der Waals surface area contributed by atoms with Gasteiger partial charge in [0.15, 0.2) is 0 Å². The van der Waals surface area contributed by atoms with E-state index in [0.717, 1.165) is 39.6 Å². The molecule has 1 aliphatic heterocycles. The van der Waals surface area contributed by atoms with Crippen molar-refractivity contribution in [2.45, 2.75) is 39.7 Å². The molecule has 1 unspecified atom stereocenters. The summed E-state index contributed by atoms with van der Waals surface area (Å²) in [6, 6.07) is 7.63. The first kappa shape index (κ1) is 17.7. The number of anilines is 2. The SMILES string of the molecule is Cc1sc2nc(C(C)Nc3cccc(N4CCCC4=O)c3)[nH]c(=O)c2c1C. The molecule has 0 saturated carbocycles. The molecule has 2 aromatic heterocycles. The molecule has 3 aromatic rings. The third-order valence-corrected chi connectivity index (χ3v) is 6.18. The molecule has 0 bridgehead atoms. The van der Waals surface area contributed by atoms with Gasteiger partial charge in [-0.1, -0.05) is 6.07 Å². The van der Waals surface area contributed by atoms with Gasteiger partial charge in [0.25, 0.3) is 5.56 Å². The number of aryl methyl sites for hydroxylation is 2. The van der Waals surface area contributed by atoms with E-state index in [9.17, 15) is 9.59 Å². The quantitative estimate of drug-likeness (QED) is 0.717. The van der Waals surface area contributed by atoms with Crippen molar-refractivity contribution in [1.82, 2.24) is 9.97 Å². The van der Waals surface area contributed by atoms with Gasteiger partial charge in [0.05, 0.1) is 11.4 Å². The van der Waals surface area contributed by atoms with Crippen LogP contribution < -0.4 is 15.8 Å². The number of hydrogen-bond donors (Lipinski definition) is 2. The summed E-state index contributed by atoms with van der Waals surface area (Å²) in [7, 11) is 0. The van der Waals surface area contributed by atoms with Crippen LogP contribution in [0.5, 0.6) is 0 Å². The molecule has 0 radical (unpaired) electrons. The number of carbonyl (C=O) groups excluding carboxylic acids is 1. The average molecular weight is 382 g/mol. The van der Waals surface area contributed by atoms with Crippen molar-refractivity contribution in [3.05, 3.63) is 50.9 Å². The van der Waals surface area contributed by atoms with Crippen molar-refractivity contribution in [2.24, 2.45) is 0 Å². The fourth-order valence-electron chi connectivity index (χ4n) is 3.48. The average Bonchev–Trinajstić information content (AvgIpc) is 3.18. The van der Waals surface area contributed by atoms with E-state index in [2.05, 4.69) is 15.3 Å². The lowest BCUT2D eigenvalue weighted by molar-refractivity contribution is -0.117. The predicted octanol–water partition coefficient (Wildman–Crippen LogP) is 3.90. The van der Waals surface area contributed by atoms with Crippen LogP contribution in [0.1, 0.15) is 42.1 Å². The molecular weight excluding hydrogens is 360 g/mol. The summed E-state index contributed by atoms with van der Waals surface area (Å²) in [4.78, 5) is 35.8. The highest BCUT2D eigenvalue weighted by Crippen LogP contribution is 2.28. The van der Waals surface area contributed by atoms with Gasteiger partial charge in [0.1, 0.15) is 10.7 Å². The van der Waals surface area contributed by atoms with Gasteiger partial charge >= 0.3 is 0 Å². The van der Waals surface area contributed by atoms with Gasteiger partial charge in [0.2, 0.25) is 5.91 Å². The molecule has 2 N–H and O–H groups in total. The molecule has 1 atom stereocenters. The van der Waals surface area contributed by atoms with E-state index in [-0.39, 0.29) is 17.5 Å². The standard InChI is InChI=1S/C20H22N4O2S/c1-11-13(3)27-20-17(11)19(26)22-18(23-20)12(2)21-14-6-4-7-15(10-14)24-9-5-8-16(24)25/h4,6-7,10,12,21H,5,8-9H2,1-3H3,(H,22,23,26). The molecule has 0 spiro atoms. The molecule has 3 heterocycles. The van der Waals surface area contributed by atoms with Gasteiger partial charge in [0, 0.05) is 29.2 Å². The van der Waals surface area contributed by atoms with Crippen LogP contribution in [0.2, 0.25) is 0 Å². The number of nitrogens with one attached hydrogen (secondary N) is 2. The van der Waals surface area contributed by atoms with Gasteiger partial charge in [-0.25, -0.2) is 4.98 Å². The zero-order valence-electron chi connectivity index (χ0n) is 15.6. The predicted molar refractivity (Wildman–Crippen MR) is 110 cm³/mol. The van der Waals surface area contributed by atoms with Gasteiger partial charge in [-0.05, 0) is 51.0 Å². The van der Waals surface area contributed by atoms with Crippen LogP contribution in [0.4, 0.5) is 11.4 Å². The van der Waals surface area contributed by atoms with Crippen LogP contribution in [-0.2, 0) is 4.79 Å². The van der Waals surface area contributed by atoms with Gasteiger partial charge in [-0.2, -0.15) is 0 Å². The van der Waals surface area contributed by atoms with Crippen molar-refractivity contribution in [3.63, 3.8) is 0 Å². The highest BCUT2D eigenvalue weighted by atomic mass is 32.1. The minimum atomic E-state index is -0.172. The van der Waals surface area contributed by atoms with E-state index in [4.69, 9.17) is 0 Å². The van der Waals surface area contributed by atoms with E-state index < -0.39 is 0 Å². The maximum atomic E-state index is 12.5. The number of amides is 1. The van der Waals surface area contributed by atoms with Gasteiger partial charge < -0.3 is 15.2 Å². The number of nitrogens with zero attached hydrogens (tertiary/aromatic N) is 2. The summed E-state index contributed by atoms with van der Waals surface area (Å²) in [5.74, 6) is 0.775. The zero-order chi connectivity index (χ0) is 19.1. The molecule has 0 aliphatic carbocycles. The number of H-pyrrole nitrogens is 1. The van der Waals surface area contributed by atoms with Crippen LogP contribution in [0.3, 0.4) is 0 Å². The van der Waals surface area contributed by atoms with Crippen molar-refractivity contribution >= 4 is 38.8 Å². The Labute approximate surface area is 161 Å². The fourth-order valence-corrected chi connectivity index (χ4v) is 4.52. The van der Waals surface area contributed by atoms with Crippen molar-refractivity contribution < 1.29 is 4.79 Å². The summed E-state index contributed by atoms with van der Waals surface area (Å²) in [6.07, 6.45) is 1.51. The number of benzene rings is 1. The van der Waals surface area contributed by atoms with Crippen LogP contribution in [-0.4, -0.2) is 22.4 Å². The molecule has 1 amide bonds. The molecular formula is C20H22N4O2S. The lowest BCUT2D eigenvalue weighted by atomic mass is 10.2. The first-order valence-corrected chi connectivity index (χ1v) is 9.92. The highest BCUT2D eigenvalue weighted by Gasteiger charge is 2.22. The summed E-state index contributed by atoms with van der Waals surface area (Å²) in [5.41, 5.74) is 2.69. The lowest BCUT2D eigenvalue weighted by Gasteiger charge is -2.19. The van der Waals surface area contributed by atoms with E-state index in [0.29, 0.717) is 17.6 Å². The first-order valence-electron chi connectivity index (χ1n) is 9.11. The summed E-state index contributed by atoms with van der Waals surface area (Å²) in [6.45, 7) is 6.69. The lowest BCUT2D eigenvalue weighted by Crippen LogP contribution is -2.23. The Morgan fingerprint density at radius 1 is 1.30 bits per heavy atom. The number of rotatable bonds is 4. The Balaban J connectivity index is 1.61. The van der Waals surface area contributed by atoms with E-state index >= 15 is 0 Å². The van der Waals surface area contributed by atoms with E-state index in [1.807, 2.05) is 49.9 Å². The minimum absolute atomic E-state index is 0.0954. The van der Waals surface area contributed by atoms with E-state index in [1.165, 1.54) is 0 Å². The molecule has 6 nitrogen and oxygen atoms in total. The second kappa shape index (κ2) is 6.81. The topological polar surface area (TPSA) is 78.1 Å². The Morgan fingerprint density at radius 3 is 2.85 bits per heavy atom. The largest absolute Gasteiger partial charge is 0.375 e. The Hall–Kier alpha value is -2.67. The number of thiophene rings is 1. The molecule has 1 aliphatic rings. The van der Waals surface area contributed by atoms with Crippen LogP contribution in [0, 0.1) is 13.8 Å². The van der Waals surface area contributed by atoms with Crippen LogP contribution in [0.25, 0.3) is 10.2 Å². The molecule has 1 aromatic carbocycles. The van der Waals surface area contributed by atoms with E-state index in [1.54, 1.807) is 11.3 Å².